The fourth-order valence-corrected chi connectivity index (χ4v) is 3.15. The molecular weight excluding hydrogens is 431 g/mol. The van der Waals surface area contributed by atoms with Crippen LogP contribution in [0, 0.1) is 24.1 Å². The minimum atomic E-state index is -0.550. The van der Waals surface area contributed by atoms with Crippen molar-refractivity contribution >= 4 is 29.3 Å². The van der Waals surface area contributed by atoms with Crippen LogP contribution in [0.4, 0.5) is 10.1 Å². The Balaban J connectivity index is 1.82. The number of hydrogen-bond acceptors (Lipinski definition) is 4. The number of aryl methyl sites for hydroxylation is 1. The maximum Gasteiger partial charge on any atom is 0.266 e. The number of rotatable bonds is 7. The van der Waals surface area contributed by atoms with Gasteiger partial charge in [-0.3, -0.25) is 4.79 Å². The second-order valence-electron chi connectivity index (χ2n) is 6.90. The minimum absolute atomic E-state index is 0.0413. The molecule has 0 atom stereocenters. The maximum atomic E-state index is 13.9. The van der Waals surface area contributed by atoms with Crippen LogP contribution in [-0.2, 0) is 11.4 Å². The van der Waals surface area contributed by atoms with Crippen molar-refractivity contribution in [2.45, 2.75) is 13.5 Å². The van der Waals surface area contributed by atoms with Gasteiger partial charge in [-0.1, -0.05) is 47.5 Å². The lowest BCUT2D eigenvalue weighted by Gasteiger charge is -2.14. The lowest BCUT2D eigenvalue weighted by Crippen LogP contribution is -2.13. The van der Waals surface area contributed by atoms with E-state index in [0.29, 0.717) is 16.8 Å². The second-order valence-corrected chi connectivity index (χ2v) is 7.31. The monoisotopic (exact) mass is 450 g/mol. The molecule has 0 aliphatic carbocycles. The van der Waals surface area contributed by atoms with Gasteiger partial charge in [-0.15, -0.1) is 0 Å². The second kappa shape index (κ2) is 10.5. The first-order valence-corrected chi connectivity index (χ1v) is 10.0. The van der Waals surface area contributed by atoms with Crippen LogP contribution < -0.4 is 14.8 Å². The third-order valence-electron chi connectivity index (χ3n) is 4.57. The third-order valence-corrected chi connectivity index (χ3v) is 4.85. The molecule has 0 aliphatic rings. The Bertz CT molecular complexity index is 1200. The predicted octanol–water partition coefficient (Wildman–Crippen LogP) is 5.92. The minimum Gasteiger partial charge on any atom is -0.493 e. The van der Waals surface area contributed by atoms with Crippen molar-refractivity contribution in [3.05, 3.63) is 93.8 Å². The average Bonchev–Trinajstić information content (AvgIpc) is 2.78. The molecule has 0 spiro atoms. The zero-order chi connectivity index (χ0) is 23.1. The van der Waals surface area contributed by atoms with Gasteiger partial charge in [0.05, 0.1) is 12.1 Å². The summed E-state index contributed by atoms with van der Waals surface area (Å²) in [7, 11) is 1.43. The lowest BCUT2D eigenvalue weighted by atomic mass is 10.1. The number of nitrogens with one attached hydrogen (secondary N) is 1. The number of benzene rings is 3. The normalized spacial score (nSPS) is 10.9. The number of nitriles is 1. The van der Waals surface area contributed by atoms with Crippen molar-refractivity contribution in [3.63, 3.8) is 0 Å². The molecule has 0 heterocycles. The number of amides is 1. The van der Waals surface area contributed by atoms with E-state index in [1.807, 2.05) is 25.1 Å². The summed E-state index contributed by atoms with van der Waals surface area (Å²) in [6.45, 7) is 1.90. The van der Waals surface area contributed by atoms with E-state index in [1.54, 1.807) is 36.4 Å². The van der Waals surface area contributed by atoms with Crippen LogP contribution in [0.1, 0.15) is 16.7 Å². The van der Waals surface area contributed by atoms with E-state index in [-0.39, 0.29) is 34.5 Å². The lowest BCUT2D eigenvalue weighted by molar-refractivity contribution is -0.112. The first-order chi connectivity index (χ1) is 15.4. The smallest absolute Gasteiger partial charge is 0.266 e. The Morgan fingerprint density at radius 3 is 2.56 bits per heavy atom. The van der Waals surface area contributed by atoms with Gasteiger partial charge in [-0.2, -0.15) is 5.26 Å². The van der Waals surface area contributed by atoms with E-state index < -0.39 is 5.91 Å². The van der Waals surface area contributed by atoms with E-state index in [4.69, 9.17) is 21.1 Å². The van der Waals surface area contributed by atoms with Gasteiger partial charge in [0.25, 0.3) is 5.91 Å². The Labute approximate surface area is 190 Å². The number of anilines is 1. The first-order valence-electron chi connectivity index (χ1n) is 9.65. The van der Waals surface area contributed by atoms with Gasteiger partial charge in [0, 0.05) is 11.3 Å². The summed E-state index contributed by atoms with van der Waals surface area (Å²) >= 11 is 6.36. The number of hydrogen-bond donors (Lipinski definition) is 1. The van der Waals surface area contributed by atoms with Crippen LogP contribution in [0.2, 0.25) is 5.02 Å². The first kappa shape index (κ1) is 22.9. The fourth-order valence-electron chi connectivity index (χ4n) is 2.88. The van der Waals surface area contributed by atoms with Crippen molar-refractivity contribution in [2.24, 2.45) is 0 Å². The van der Waals surface area contributed by atoms with Gasteiger partial charge in [0.15, 0.2) is 11.5 Å². The summed E-state index contributed by atoms with van der Waals surface area (Å²) in [5, 5.41) is 12.3. The zero-order valence-corrected chi connectivity index (χ0v) is 18.2. The molecule has 0 radical (unpaired) electrons. The van der Waals surface area contributed by atoms with Gasteiger partial charge in [-0.25, -0.2) is 4.39 Å². The molecule has 32 heavy (non-hydrogen) atoms. The topological polar surface area (TPSA) is 71.3 Å². The van der Waals surface area contributed by atoms with Crippen LogP contribution in [0.5, 0.6) is 11.5 Å². The number of carbonyl (C=O) groups excluding carboxylic acids is 1. The van der Waals surface area contributed by atoms with E-state index in [1.165, 1.54) is 25.3 Å². The third kappa shape index (κ3) is 5.65. The van der Waals surface area contributed by atoms with Crippen LogP contribution >= 0.6 is 11.6 Å². The fraction of sp³-hybridized carbons (Fsp3) is 0.120. The summed E-state index contributed by atoms with van der Waals surface area (Å²) in [5.74, 6) is -0.416. The van der Waals surface area contributed by atoms with Crippen molar-refractivity contribution in [3.8, 4) is 17.6 Å². The highest BCUT2D eigenvalue weighted by atomic mass is 35.5. The standard InChI is InChI=1S/C25H20ClFN2O3/c1-16-7-9-20(10-8-16)29-25(30)19(14-28)11-17-12-21(26)24(23(13-17)31-2)32-15-18-5-3-4-6-22(18)27/h3-13H,15H2,1-2H3,(H,29,30)/b19-11+. The quantitative estimate of drug-likeness (QED) is 0.358. The molecule has 0 saturated carbocycles. The highest BCUT2D eigenvalue weighted by molar-refractivity contribution is 6.32. The van der Waals surface area contributed by atoms with E-state index in [9.17, 15) is 14.4 Å². The molecule has 7 heteroatoms. The van der Waals surface area contributed by atoms with Crippen LogP contribution in [-0.4, -0.2) is 13.0 Å². The van der Waals surface area contributed by atoms with E-state index >= 15 is 0 Å². The number of nitrogens with zero attached hydrogens (tertiary/aromatic N) is 1. The molecule has 0 unspecified atom stereocenters. The highest BCUT2D eigenvalue weighted by Crippen LogP contribution is 2.37. The van der Waals surface area contributed by atoms with Crippen molar-refractivity contribution in [1.29, 1.82) is 5.26 Å². The van der Waals surface area contributed by atoms with Crippen LogP contribution in [0.3, 0.4) is 0 Å². The van der Waals surface area contributed by atoms with E-state index in [0.717, 1.165) is 5.56 Å². The summed E-state index contributed by atoms with van der Waals surface area (Å²) in [6, 6.07) is 18.5. The molecule has 162 valence electrons. The summed E-state index contributed by atoms with van der Waals surface area (Å²) < 4.78 is 24.9. The van der Waals surface area contributed by atoms with Gasteiger partial charge in [0.1, 0.15) is 24.1 Å². The molecule has 3 aromatic carbocycles. The van der Waals surface area contributed by atoms with Crippen molar-refractivity contribution < 1.29 is 18.7 Å². The number of methoxy groups -OCH3 is 1. The molecule has 3 aromatic rings. The predicted molar refractivity (Wildman–Crippen MR) is 122 cm³/mol. The molecular formula is C25H20ClFN2O3. The average molecular weight is 451 g/mol. The molecule has 0 saturated heterocycles. The highest BCUT2D eigenvalue weighted by Gasteiger charge is 2.15. The Morgan fingerprint density at radius 1 is 1.19 bits per heavy atom. The SMILES string of the molecule is COc1cc(/C=C(\C#N)C(=O)Nc2ccc(C)cc2)cc(Cl)c1OCc1ccccc1F. The zero-order valence-electron chi connectivity index (χ0n) is 17.5. The Morgan fingerprint density at radius 2 is 1.91 bits per heavy atom. The largest absolute Gasteiger partial charge is 0.493 e. The molecule has 0 aliphatic heterocycles. The molecule has 1 N–H and O–H groups in total. The van der Waals surface area contributed by atoms with Crippen molar-refractivity contribution in [1.82, 2.24) is 0 Å². The van der Waals surface area contributed by atoms with E-state index in [2.05, 4.69) is 5.32 Å². The van der Waals surface area contributed by atoms with Gasteiger partial charge in [-0.05, 0) is 48.9 Å². The Hall–Kier alpha value is -3.82. The van der Waals surface area contributed by atoms with Crippen LogP contribution in [0.25, 0.3) is 6.08 Å². The summed E-state index contributed by atoms with van der Waals surface area (Å²) in [5.41, 5.74) is 2.37. The number of carbonyl (C=O) groups is 1. The van der Waals surface area contributed by atoms with Crippen LogP contribution in [0.15, 0.2) is 66.2 Å². The Kier molecular flexibility index (Phi) is 7.48. The molecule has 0 bridgehead atoms. The van der Waals surface area contributed by atoms with Crippen molar-refractivity contribution in [2.75, 3.05) is 12.4 Å². The molecule has 3 rings (SSSR count). The van der Waals surface area contributed by atoms with Gasteiger partial charge >= 0.3 is 0 Å². The maximum absolute atomic E-state index is 13.9. The molecule has 0 fully saturated rings. The van der Waals surface area contributed by atoms with Gasteiger partial charge < -0.3 is 14.8 Å². The number of halogens is 2. The molecule has 1 amide bonds. The molecule has 5 nitrogen and oxygen atoms in total. The van der Waals surface area contributed by atoms with Gasteiger partial charge in [0.2, 0.25) is 0 Å². The molecule has 0 aromatic heterocycles. The summed E-state index contributed by atoms with van der Waals surface area (Å²) in [6.07, 6.45) is 1.40. The summed E-state index contributed by atoms with van der Waals surface area (Å²) in [4.78, 5) is 12.5. The number of ether oxygens (including phenoxy) is 2.